The molecule has 106 valence electrons. The molecule has 0 bridgehead atoms. The number of hydrogen-bond donors (Lipinski definition) is 1. The number of aromatic nitrogens is 1. The van der Waals surface area contributed by atoms with Gasteiger partial charge in [-0.3, -0.25) is 0 Å². The zero-order valence-electron chi connectivity index (χ0n) is 12.5. The lowest BCUT2D eigenvalue weighted by atomic mass is 9.92. The van der Waals surface area contributed by atoms with E-state index in [1.54, 1.807) is 0 Å². The van der Waals surface area contributed by atoms with Gasteiger partial charge in [0.05, 0.1) is 0 Å². The van der Waals surface area contributed by atoms with Gasteiger partial charge in [0.2, 0.25) is 0 Å². The third-order valence-corrected chi connectivity index (χ3v) is 4.34. The molecule has 1 unspecified atom stereocenters. The van der Waals surface area contributed by atoms with Crippen LogP contribution in [0.2, 0.25) is 0 Å². The Kier molecular flexibility index (Phi) is 5.20. The van der Waals surface area contributed by atoms with E-state index in [1.165, 1.54) is 31.2 Å². The number of pyridine rings is 1. The minimum atomic E-state index is 0.388. The minimum absolute atomic E-state index is 0.388. The summed E-state index contributed by atoms with van der Waals surface area (Å²) in [5.41, 5.74) is 1.32. The maximum absolute atomic E-state index is 4.55. The minimum Gasteiger partial charge on any atom is -0.357 e. The van der Waals surface area contributed by atoms with Gasteiger partial charge in [0.1, 0.15) is 5.82 Å². The first-order chi connectivity index (χ1) is 9.24. The van der Waals surface area contributed by atoms with Crippen LogP contribution in [0, 0.1) is 5.92 Å². The number of nitrogens with zero attached hydrogens (tertiary/aromatic N) is 2. The lowest BCUT2D eigenvalue weighted by Gasteiger charge is -2.33. The summed E-state index contributed by atoms with van der Waals surface area (Å²) in [6, 6.07) is 4.73. The topological polar surface area (TPSA) is 28.2 Å². The van der Waals surface area contributed by atoms with Crippen LogP contribution in [-0.4, -0.2) is 25.1 Å². The molecule has 0 amide bonds. The van der Waals surface area contributed by atoms with Gasteiger partial charge in [0.15, 0.2) is 0 Å². The molecule has 1 aliphatic rings. The molecular formula is C16H27N3. The summed E-state index contributed by atoms with van der Waals surface area (Å²) in [6.45, 7) is 6.80. The van der Waals surface area contributed by atoms with Gasteiger partial charge in [-0.1, -0.05) is 19.8 Å². The molecule has 1 N–H and O–H groups in total. The van der Waals surface area contributed by atoms with Gasteiger partial charge >= 0.3 is 0 Å². The van der Waals surface area contributed by atoms with Gasteiger partial charge in [-0.2, -0.15) is 0 Å². The van der Waals surface area contributed by atoms with Gasteiger partial charge in [0.25, 0.3) is 0 Å². The molecular weight excluding hydrogens is 234 g/mol. The van der Waals surface area contributed by atoms with Crippen LogP contribution in [0.25, 0.3) is 0 Å². The molecule has 0 spiro atoms. The molecule has 1 atom stereocenters. The van der Waals surface area contributed by atoms with Crippen LogP contribution in [-0.2, 0) is 0 Å². The van der Waals surface area contributed by atoms with Crippen molar-refractivity contribution < 1.29 is 0 Å². The van der Waals surface area contributed by atoms with E-state index in [1.807, 2.05) is 13.2 Å². The summed E-state index contributed by atoms with van der Waals surface area (Å²) >= 11 is 0. The zero-order valence-corrected chi connectivity index (χ0v) is 12.5. The van der Waals surface area contributed by atoms with Crippen LogP contribution in [0.3, 0.4) is 0 Å². The second kappa shape index (κ2) is 6.90. The molecule has 1 aromatic rings. The molecule has 3 nitrogen and oxygen atoms in total. The second-order valence-electron chi connectivity index (χ2n) is 5.68. The van der Waals surface area contributed by atoms with E-state index in [2.05, 4.69) is 41.2 Å². The largest absolute Gasteiger partial charge is 0.357 e. The van der Waals surface area contributed by atoms with Gasteiger partial charge < -0.3 is 10.2 Å². The van der Waals surface area contributed by atoms with Crippen molar-refractivity contribution in [1.29, 1.82) is 0 Å². The maximum Gasteiger partial charge on any atom is 0.128 e. The summed E-state index contributed by atoms with van der Waals surface area (Å²) < 4.78 is 0. The van der Waals surface area contributed by atoms with Gasteiger partial charge in [-0.15, -0.1) is 0 Å². The first-order valence-corrected chi connectivity index (χ1v) is 7.62. The van der Waals surface area contributed by atoms with Crippen LogP contribution in [0.1, 0.15) is 51.1 Å². The Morgan fingerprint density at radius 3 is 2.79 bits per heavy atom. The Bertz CT molecular complexity index is 383. The van der Waals surface area contributed by atoms with Crippen molar-refractivity contribution >= 4 is 5.82 Å². The van der Waals surface area contributed by atoms with Gasteiger partial charge in [-0.25, -0.2) is 4.98 Å². The third kappa shape index (κ3) is 3.69. The van der Waals surface area contributed by atoms with Crippen LogP contribution in [0.15, 0.2) is 18.3 Å². The summed E-state index contributed by atoms with van der Waals surface area (Å²) in [5, 5.41) is 3.29. The highest BCUT2D eigenvalue weighted by atomic mass is 15.2. The van der Waals surface area contributed by atoms with E-state index in [0.717, 1.165) is 24.8 Å². The van der Waals surface area contributed by atoms with Crippen LogP contribution >= 0.6 is 0 Å². The summed E-state index contributed by atoms with van der Waals surface area (Å²) in [4.78, 5) is 6.99. The molecule has 2 heterocycles. The van der Waals surface area contributed by atoms with E-state index in [9.17, 15) is 0 Å². The quantitative estimate of drug-likeness (QED) is 0.880. The number of rotatable bonds is 5. The number of hydrogen-bond acceptors (Lipinski definition) is 3. The fourth-order valence-electron chi connectivity index (χ4n) is 2.90. The molecule has 19 heavy (non-hydrogen) atoms. The highest BCUT2D eigenvalue weighted by Gasteiger charge is 2.19. The highest BCUT2D eigenvalue weighted by molar-refractivity contribution is 5.42. The smallest absolute Gasteiger partial charge is 0.128 e. The van der Waals surface area contributed by atoms with Crippen molar-refractivity contribution in [2.75, 3.05) is 25.0 Å². The second-order valence-corrected chi connectivity index (χ2v) is 5.68. The fourth-order valence-corrected chi connectivity index (χ4v) is 2.90. The Morgan fingerprint density at radius 1 is 1.42 bits per heavy atom. The van der Waals surface area contributed by atoms with Crippen molar-refractivity contribution in [1.82, 2.24) is 10.3 Å². The van der Waals surface area contributed by atoms with Crippen LogP contribution in [0.5, 0.6) is 0 Å². The van der Waals surface area contributed by atoms with Crippen LogP contribution < -0.4 is 10.2 Å². The van der Waals surface area contributed by atoms with Gasteiger partial charge in [0, 0.05) is 25.3 Å². The number of nitrogens with one attached hydrogen (secondary N) is 1. The number of anilines is 1. The molecule has 1 aromatic heterocycles. The molecule has 0 saturated carbocycles. The molecule has 1 fully saturated rings. The van der Waals surface area contributed by atoms with Crippen LogP contribution in [0.4, 0.5) is 5.82 Å². The first-order valence-electron chi connectivity index (χ1n) is 7.62. The normalized spacial score (nSPS) is 18.6. The summed E-state index contributed by atoms with van der Waals surface area (Å²) in [7, 11) is 2.00. The van der Waals surface area contributed by atoms with Crippen molar-refractivity contribution in [3.63, 3.8) is 0 Å². The lowest BCUT2D eigenvalue weighted by molar-refractivity contribution is 0.377. The average Bonchev–Trinajstić information content (AvgIpc) is 2.48. The molecule has 3 heteroatoms. The standard InChI is InChI=1S/C16H27N3/c1-4-5-14-7-10-19(11-8-14)16-12-15(6-9-18-16)13(2)17-3/h6,9,12-14,17H,4-5,7-8,10-11H2,1-3H3. The first kappa shape index (κ1) is 14.3. The molecule has 1 aliphatic heterocycles. The molecule has 0 aromatic carbocycles. The van der Waals surface area contributed by atoms with Crippen molar-refractivity contribution in [2.45, 2.75) is 45.6 Å². The van der Waals surface area contributed by atoms with E-state index >= 15 is 0 Å². The lowest BCUT2D eigenvalue weighted by Crippen LogP contribution is -2.34. The molecule has 1 saturated heterocycles. The van der Waals surface area contributed by atoms with Crippen molar-refractivity contribution in [2.24, 2.45) is 5.92 Å². The predicted octanol–water partition coefficient (Wildman–Crippen LogP) is 3.38. The molecule has 0 radical (unpaired) electrons. The predicted molar refractivity (Wildman–Crippen MR) is 81.6 cm³/mol. The Labute approximate surface area is 117 Å². The SMILES string of the molecule is CCCC1CCN(c2cc(C(C)NC)ccn2)CC1. The average molecular weight is 261 g/mol. The zero-order chi connectivity index (χ0) is 13.7. The summed E-state index contributed by atoms with van der Waals surface area (Å²) in [6.07, 6.45) is 7.29. The Hall–Kier alpha value is -1.09. The van der Waals surface area contributed by atoms with Crippen molar-refractivity contribution in [3.05, 3.63) is 23.9 Å². The number of piperidine rings is 1. The molecule has 2 rings (SSSR count). The third-order valence-electron chi connectivity index (χ3n) is 4.34. The van der Waals surface area contributed by atoms with E-state index in [0.29, 0.717) is 6.04 Å². The maximum atomic E-state index is 4.55. The molecule has 0 aliphatic carbocycles. The van der Waals surface area contributed by atoms with Gasteiger partial charge in [-0.05, 0) is 50.4 Å². The fraction of sp³-hybridized carbons (Fsp3) is 0.688. The van der Waals surface area contributed by atoms with E-state index < -0.39 is 0 Å². The highest BCUT2D eigenvalue weighted by Crippen LogP contribution is 2.26. The Balaban J connectivity index is 1.99. The van der Waals surface area contributed by atoms with E-state index in [-0.39, 0.29) is 0 Å². The Morgan fingerprint density at radius 2 is 2.16 bits per heavy atom. The van der Waals surface area contributed by atoms with Crippen molar-refractivity contribution in [3.8, 4) is 0 Å². The monoisotopic (exact) mass is 261 g/mol. The van der Waals surface area contributed by atoms with E-state index in [4.69, 9.17) is 0 Å². The summed E-state index contributed by atoms with van der Waals surface area (Å²) in [5.74, 6) is 2.08.